The summed E-state index contributed by atoms with van der Waals surface area (Å²) in [7, 11) is 0. The molecule has 1 atom stereocenters. The van der Waals surface area contributed by atoms with Gasteiger partial charge in [0.15, 0.2) is 0 Å². The molecular formula is C18H18N2O2. The lowest BCUT2D eigenvalue weighted by molar-refractivity contribution is -0.135. The number of ether oxygens (including phenoxy) is 1. The predicted octanol–water partition coefficient (Wildman–Crippen LogP) is 3.88. The van der Waals surface area contributed by atoms with E-state index in [1.165, 1.54) is 5.56 Å². The molecule has 1 heterocycles. The van der Waals surface area contributed by atoms with Gasteiger partial charge in [0.1, 0.15) is 6.04 Å². The van der Waals surface area contributed by atoms with Crippen LogP contribution in [0, 0.1) is 6.92 Å². The highest BCUT2D eigenvalue weighted by atomic mass is 16.5. The fraction of sp³-hybridized carbons (Fsp3) is 0.167. The van der Waals surface area contributed by atoms with Gasteiger partial charge in [0.25, 0.3) is 0 Å². The minimum atomic E-state index is -0.436. The molecule has 22 heavy (non-hydrogen) atoms. The average Bonchev–Trinajstić information content (AvgIpc) is 2.91. The van der Waals surface area contributed by atoms with E-state index in [0.29, 0.717) is 5.88 Å². The molecule has 3 aromatic rings. The summed E-state index contributed by atoms with van der Waals surface area (Å²) in [4.78, 5) is 15.2. The molecule has 2 N–H and O–H groups in total. The Labute approximate surface area is 129 Å². The number of anilines is 1. The maximum absolute atomic E-state index is 12.2. The van der Waals surface area contributed by atoms with E-state index in [-0.39, 0.29) is 5.97 Å². The van der Waals surface area contributed by atoms with E-state index < -0.39 is 6.04 Å². The monoisotopic (exact) mass is 294 g/mol. The molecule has 0 spiro atoms. The van der Waals surface area contributed by atoms with Gasteiger partial charge in [-0.1, -0.05) is 35.9 Å². The highest BCUT2D eigenvalue weighted by Gasteiger charge is 2.16. The Balaban J connectivity index is 1.66. The SMILES string of the molecule is Cc1ccc(N[C@@H](C)C(=O)Oc2cc3ccccc3[nH]2)cc1. The van der Waals surface area contributed by atoms with Crippen molar-refractivity contribution in [2.75, 3.05) is 5.32 Å². The molecule has 2 aromatic carbocycles. The van der Waals surface area contributed by atoms with Crippen molar-refractivity contribution in [1.29, 1.82) is 0 Å². The lowest BCUT2D eigenvalue weighted by Crippen LogP contribution is -2.30. The van der Waals surface area contributed by atoms with E-state index in [0.717, 1.165) is 16.6 Å². The number of carbonyl (C=O) groups excluding carboxylic acids is 1. The summed E-state index contributed by atoms with van der Waals surface area (Å²) in [6.07, 6.45) is 0. The second-order valence-electron chi connectivity index (χ2n) is 5.37. The number of aryl methyl sites for hydroxylation is 1. The molecule has 0 aliphatic carbocycles. The number of H-pyrrole nitrogens is 1. The van der Waals surface area contributed by atoms with E-state index >= 15 is 0 Å². The van der Waals surface area contributed by atoms with Gasteiger partial charge in [0.05, 0.1) is 0 Å². The summed E-state index contributed by atoms with van der Waals surface area (Å²) in [6, 6.07) is 17.1. The maximum atomic E-state index is 12.2. The Hall–Kier alpha value is -2.75. The first-order valence-electron chi connectivity index (χ1n) is 7.24. The standard InChI is InChI=1S/C18H18N2O2/c1-12-7-9-15(10-8-12)19-13(2)18(21)22-17-11-14-5-3-4-6-16(14)20-17/h3-11,13,19-20H,1-2H3/t13-/m0/s1. The fourth-order valence-corrected chi connectivity index (χ4v) is 2.26. The summed E-state index contributed by atoms with van der Waals surface area (Å²) >= 11 is 0. The van der Waals surface area contributed by atoms with Crippen LogP contribution in [-0.2, 0) is 4.79 Å². The number of rotatable bonds is 4. The number of hydrogen-bond donors (Lipinski definition) is 2. The second-order valence-corrected chi connectivity index (χ2v) is 5.37. The molecule has 0 unspecified atom stereocenters. The van der Waals surface area contributed by atoms with Crippen LogP contribution in [0.1, 0.15) is 12.5 Å². The molecule has 4 heteroatoms. The van der Waals surface area contributed by atoms with Gasteiger partial charge in [-0.25, -0.2) is 4.79 Å². The van der Waals surface area contributed by atoms with E-state index in [4.69, 9.17) is 4.74 Å². The molecule has 0 aliphatic heterocycles. The van der Waals surface area contributed by atoms with Crippen LogP contribution in [0.2, 0.25) is 0 Å². The van der Waals surface area contributed by atoms with Gasteiger partial charge >= 0.3 is 5.97 Å². The molecular weight excluding hydrogens is 276 g/mol. The first kappa shape index (κ1) is 14.2. The molecule has 0 amide bonds. The van der Waals surface area contributed by atoms with Crippen LogP contribution in [0.4, 0.5) is 5.69 Å². The number of nitrogens with one attached hydrogen (secondary N) is 2. The Morgan fingerprint density at radius 2 is 1.86 bits per heavy atom. The summed E-state index contributed by atoms with van der Waals surface area (Å²) in [5, 5.41) is 4.15. The zero-order chi connectivity index (χ0) is 15.5. The summed E-state index contributed by atoms with van der Waals surface area (Å²) < 4.78 is 5.40. The van der Waals surface area contributed by atoms with Gasteiger partial charge in [0, 0.05) is 22.7 Å². The minimum absolute atomic E-state index is 0.327. The van der Waals surface area contributed by atoms with Gasteiger partial charge < -0.3 is 15.0 Å². The van der Waals surface area contributed by atoms with Crippen LogP contribution in [0.3, 0.4) is 0 Å². The lowest BCUT2D eigenvalue weighted by Gasteiger charge is -2.13. The van der Waals surface area contributed by atoms with Crippen LogP contribution >= 0.6 is 0 Å². The average molecular weight is 294 g/mol. The van der Waals surface area contributed by atoms with Crippen molar-refractivity contribution < 1.29 is 9.53 Å². The molecule has 112 valence electrons. The van der Waals surface area contributed by atoms with Crippen molar-refractivity contribution in [3.63, 3.8) is 0 Å². The zero-order valence-electron chi connectivity index (χ0n) is 12.6. The van der Waals surface area contributed by atoms with Crippen molar-refractivity contribution in [3.05, 3.63) is 60.2 Å². The topological polar surface area (TPSA) is 54.1 Å². The first-order valence-corrected chi connectivity index (χ1v) is 7.24. The van der Waals surface area contributed by atoms with Gasteiger partial charge in [-0.2, -0.15) is 0 Å². The first-order chi connectivity index (χ1) is 10.6. The van der Waals surface area contributed by atoms with Crippen LogP contribution in [-0.4, -0.2) is 17.0 Å². The lowest BCUT2D eigenvalue weighted by atomic mass is 10.2. The molecule has 0 aliphatic rings. The number of carbonyl (C=O) groups is 1. The van der Waals surface area contributed by atoms with Crippen molar-refractivity contribution in [2.24, 2.45) is 0 Å². The van der Waals surface area contributed by atoms with Crippen molar-refractivity contribution in [1.82, 2.24) is 4.98 Å². The normalized spacial score (nSPS) is 12.1. The quantitative estimate of drug-likeness (QED) is 0.718. The van der Waals surface area contributed by atoms with Gasteiger partial charge in [-0.15, -0.1) is 0 Å². The molecule has 4 nitrogen and oxygen atoms in total. The summed E-state index contributed by atoms with van der Waals surface area (Å²) in [5.74, 6) is 0.135. The van der Waals surface area contributed by atoms with Gasteiger partial charge in [0.2, 0.25) is 5.88 Å². The molecule has 1 aromatic heterocycles. The predicted molar refractivity (Wildman–Crippen MR) is 88.2 cm³/mol. The number of fused-ring (bicyclic) bond motifs is 1. The molecule has 0 saturated carbocycles. The Kier molecular flexibility index (Phi) is 3.83. The van der Waals surface area contributed by atoms with Crippen LogP contribution in [0.25, 0.3) is 10.9 Å². The van der Waals surface area contributed by atoms with Crippen LogP contribution in [0.5, 0.6) is 5.88 Å². The summed E-state index contributed by atoms with van der Waals surface area (Å²) in [5.41, 5.74) is 3.02. The Morgan fingerprint density at radius 3 is 2.59 bits per heavy atom. The Morgan fingerprint density at radius 1 is 1.14 bits per heavy atom. The van der Waals surface area contributed by atoms with E-state index in [2.05, 4.69) is 10.3 Å². The second kappa shape index (κ2) is 5.93. The third-order valence-electron chi connectivity index (χ3n) is 3.50. The molecule has 0 bridgehead atoms. The van der Waals surface area contributed by atoms with Crippen molar-refractivity contribution in [3.8, 4) is 5.88 Å². The third kappa shape index (κ3) is 3.11. The van der Waals surface area contributed by atoms with Gasteiger partial charge in [-0.3, -0.25) is 0 Å². The largest absolute Gasteiger partial charge is 0.408 e. The number of esters is 1. The molecule has 3 rings (SSSR count). The van der Waals surface area contributed by atoms with Crippen LogP contribution in [0.15, 0.2) is 54.6 Å². The number of para-hydroxylation sites is 1. The van der Waals surface area contributed by atoms with E-state index in [1.54, 1.807) is 6.92 Å². The minimum Gasteiger partial charge on any atom is -0.408 e. The number of benzene rings is 2. The maximum Gasteiger partial charge on any atom is 0.334 e. The highest BCUT2D eigenvalue weighted by Crippen LogP contribution is 2.20. The van der Waals surface area contributed by atoms with E-state index in [9.17, 15) is 4.79 Å². The van der Waals surface area contributed by atoms with Crippen molar-refractivity contribution >= 4 is 22.6 Å². The fourth-order valence-electron chi connectivity index (χ4n) is 2.26. The smallest absolute Gasteiger partial charge is 0.334 e. The molecule has 0 radical (unpaired) electrons. The van der Waals surface area contributed by atoms with Crippen molar-refractivity contribution in [2.45, 2.75) is 19.9 Å². The highest BCUT2D eigenvalue weighted by molar-refractivity contribution is 5.84. The molecule has 0 fully saturated rings. The third-order valence-corrected chi connectivity index (χ3v) is 3.50. The zero-order valence-corrected chi connectivity index (χ0v) is 12.6. The van der Waals surface area contributed by atoms with Crippen LogP contribution < -0.4 is 10.1 Å². The number of aromatic nitrogens is 1. The number of hydrogen-bond acceptors (Lipinski definition) is 3. The van der Waals surface area contributed by atoms with E-state index in [1.807, 2.05) is 61.5 Å². The number of aromatic amines is 1. The Bertz CT molecular complexity index is 757. The molecule has 0 saturated heterocycles. The summed E-state index contributed by atoms with van der Waals surface area (Å²) in [6.45, 7) is 3.81. The van der Waals surface area contributed by atoms with Gasteiger partial charge in [-0.05, 0) is 32.0 Å².